The Morgan fingerprint density at radius 3 is 2.69 bits per heavy atom. The van der Waals surface area contributed by atoms with Crippen LogP contribution in [0.4, 0.5) is 20.3 Å². The Bertz CT molecular complexity index is 830. The number of nitrogens with one attached hydrogen (secondary N) is 1. The van der Waals surface area contributed by atoms with Crippen LogP contribution >= 0.6 is 0 Å². The summed E-state index contributed by atoms with van der Waals surface area (Å²) in [5.41, 5.74) is 1.61. The van der Waals surface area contributed by atoms with E-state index in [1.54, 1.807) is 18.3 Å². The van der Waals surface area contributed by atoms with Crippen LogP contribution in [0.5, 0.6) is 0 Å². The number of alkyl halides is 2. The molecule has 4 rings (SSSR count). The fourth-order valence-corrected chi connectivity index (χ4v) is 3.50. The summed E-state index contributed by atoms with van der Waals surface area (Å²) in [6, 6.07) is 9.26. The number of carbonyl (C=O) groups is 1. The summed E-state index contributed by atoms with van der Waals surface area (Å²) in [5.74, 6) is -2.26. The number of anilines is 2. The lowest BCUT2D eigenvalue weighted by Gasteiger charge is -2.35. The number of hydrogen-bond acceptors (Lipinski definition) is 3. The number of hydrogen-bond donors (Lipinski definition) is 1. The molecule has 1 aliphatic carbocycles. The third kappa shape index (κ3) is 3.09. The van der Waals surface area contributed by atoms with E-state index in [4.69, 9.17) is 0 Å². The minimum atomic E-state index is -2.56. The van der Waals surface area contributed by atoms with Crippen LogP contribution in [0.15, 0.2) is 49.2 Å². The molecule has 1 N–H and O–H groups in total. The van der Waals surface area contributed by atoms with Crippen molar-refractivity contribution in [2.24, 2.45) is 5.92 Å². The highest BCUT2D eigenvalue weighted by Crippen LogP contribution is 2.55. The predicted molar refractivity (Wildman–Crippen MR) is 94.7 cm³/mol. The maximum atomic E-state index is 13.3. The van der Waals surface area contributed by atoms with Gasteiger partial charge in [0.05, 0.1) is 12.1 Å². The van der Waals surface area contributed by atoms with Crippen molar-refractivity contribution >= 4 is 17.4 Å². The van der Waals surface area contributed by atoms with E-state index >= 15 is 0 Å². The summed E-state index contributed by atoms with van der Waals surface area (Å²) in [7, 11) is 0. The molecule has 0 radical (unpaired) electrons. The first-order chi connectivity index (χ1) is 12.5. The molecule has 1 fully saturated rings. The van der Waals surface area contributed by atoms with Gasteiger partial charge in [0.25, 0.3) is 5.92 Å². The van der Waals surface area contributed by atoms with E-state index in [0.717, 1.165) is 11.5 Å². The van der Waals surface area contributed by atoms with Gasteiger partial charge in [-0.15, -0.1) is 0 Å². The molecule has 1 amide bonds. The van der Waals surface area contributed by atoms with Crippen LogP contribution in [0.3, 0.4) is 0 Å². The first-order valence-corrected chi connectivity index (χ1v) is 8.65. The highest BCUT2D eigenvalue weighted by molar-refractivity contribution is 5.86. The summed E-state index contributed by atoms with van der Waals surface area (Å²) in [4.78, 5) is 13.5. The summed E-state index contributed by atoms with van der Waals surface area (Å²) >= 11 is 0. The second-order valence-electron chi connectivity index (χ2n) is 6.91. The Balaban J connectivity index is 1.53. The van der Waals surface area contributed by atoms with Crippen molar-refractivity contribution in [1.29, 1.82) is 0 Å². The van der Waals surface area contributed by atoms with E-state index in [1.807, 2.05) is 22.9 Å². The number of nitrogens with zero attached hydrogens (tertiary/aromatic N) is 3. The first-order valence-electron chi connectivity index (χ1n) is 8.65. The Morgan fingerprint density at radius 1 is 1.31 bits per heavy atom. The molecule has 26 heavy (non-hydrogen) atoms. The van der Waals surface area contributed by atoms with Gasteiger partial charge >= 0.3 is 0 Å². The molecule has 1 aromatic heterocycles. The smallest absolute Gasteiger partial charge is 0.255 e. The van der Waals surface area contributed by atoms with Crippen LogP contribution in [0.2, 0.25) is 0 Å². The van der Waals surface area contributed by atoms with E-state index in [2.05, 4.69) is 21.9 Å². The van der Waals surface area contributed by atoms with Gasteiger partial charge in [0.15, 0.2) is 0 Å². The van der Waals surface area contributed by atoms with Crippen molar-refractivity contribution in [2.75, 3.05) is 18.0 Å². The molecule has 5 nitrogen and oxygen atoms in total. The fourth-order valence-electron chi connectivity index (χ4n) is 3.50. The second kappa shape index (κ2) is 6.23. The second-order valence-corrected chi connectivity index (χ2v) is 6.91. The van der Waals surface area contributed by atoms with Crippen LogP contribution < -0.4 is 10.2 Å². The Labute approximate surface area is 150 Å². The van der Waals surface area contributed by atoms with Crippen LogP contribution in [-0.2, 0) is 11.3 Å². The highest BCUT2D eigenvalue weighted by Gasteiger charge is 2.57. The van der Waals surface area contributed by atoms with Crippen molar-refractivity contribution in [3.63, 3.8) is 0 Å². The number of fused-ring (bicyclic) bond motifs is 1. The van der Waals surface area contributed by atoms with Crippen molar-refractivity contribution in [1.82, 2.24) is 15.1 Å². The van der Waals surface area contributed by atoms with E-state index in [9.17, 15) is 13.6 Å². The lowest BCUT2D eigenvalue weighted by molar-refractivity contribution is -0.116. The summed E-state index contributed by atoms with van der Waals surface area (Å²) in [6.07, 6.45) is 2.94. The molecule has 2 atom stereocenters. The van der Waals surface area contributed by atoms with Crippen LogP contribution in [-0.4, -0.2) is 34.7 Å². The Hall–Kier alpha value is -2.70. The van der Waals surface area contributed by atoms with Gasteiger partial charge in [-0.3, -0.25) is 4.79 Å². The summed E-state index contributed by atoms with van der Waals surface area (Å²) in [5, 5.41) is 7.18. The molecule has 2 aliphatic rings. The quantitative estimate of drug-likeness (QED) is 0.836. The zero-order chi connectivity index (χ0) is 18.3. The SMILES string of the molecule is C=CC(=O)NCC1CN(c2ccc(C3CC3(F)F)cc2)c2ccnn2C1. The molecule has 2 heterocycles. The van der Waals surface area contributed by atoms with Gasteiger partial charge in [0.1, 0.15) is 5.82 Å². The molecule has 1 saturated carbocycles. The number of carbonyl (C=O) groups excluding carboxylic acids is 1. The molecule has 0 bridgehead atoms. The van der Waals surface area contributed by atoms with Gasteiger partial charge in [-0.2, -0.15) is 5.10 Å². The van der Waals surface area contributed by atoms with Gasteiger partial charge < -0.3 is 10.2 Å². The largest absolute Gasteiger partial charge is 0.352 e. The topological polar surface area (TPSA) is 50.2 Å². The average molecular weight is 358 g/mol. The number of halogens is 2. The van der Waals surface area contributed by atoms with Crippen molar-refractivity contribution in [3.8, 4) is 0 Å². The summed E-state index contributed by atoms with van der Waals surface area (Å²) in [6.45, 7) is 5.40. The molecule has 7 heteroatoms. The number of rotatable bonds is 5. The van der Waals surface area contributed by atoms with Crippen LogP contribution in [0.25, 0.3) is 0 Å². The lowest BCUT2D eigenvalue weighted by atomic mass is 10.1. The fraction of sp³-hybridized carbons (Fsp3) is 0.368. The number of amides is 1. The van der Waals surface area contributed by atoms with Gasteiger partial charge in [0, 0.05) is 43.7 Å². The maximum Gasteiger partial charge on any atom is 0.255 e. The minimum absolute atomic E-state index is 0.0616. The van der Waals surface area contributed by atoms with Crippen molar-refractivity contribution in [3.05, 3.63) is 54.7 Å². The molecule has 1 aromatic carbocycles. The van der Waals surface area contributed by atoms with Gasteiger partial charge in [-0.25, -0.2) is 13.5 Å². The molecule has 0 spiro atoms. The van der Waals surface area contributed by atoms with E-state index in [-0.39, 0.29) is 18.2 Å². The number of benzene rings is 1. The average Bonchev–Trinajstić information content (AvgIpc) is 3.05. The molecule has 2 unspecified atom stereocenters. The molecule has 2 aromatic rings. The third-order valence-corrected chi connectivity index (χ3v) is 5.03. The van der Waals surface area contributed by atoms with Crippen LogP contribution in [0.1, 0.15) is 17.9 Å². The monoisotopic (exact) mass is 358 g/mol. The van der Waals surface area contributed by atoms with Crippen LogP contribution in [0, 0.1) is 5.92 Å². The highest BCUT2D eigenvalue weighted by atomic mass is 19.3. The molecule has 136 valence electrons. The maximum absolute atomic E-state index is 13.3. The van der Waals surface area contributed by atoms with Gasteiger partial charge in [-0.05, 0) is 23.8 Å². The van der Waals surface area contributed by atoms with Crippen molar-refractivity contribution < 1.29 is 13.6 Å². The number of aromatic nitrogens is 2. The molecular formula is C19H20F2N4O. The van der Waals surface area contributed by atoms with E-state index < -0.39 is 11.8 Å². The van der Waals surface area contributed by atoms with Crippen molar-refractivity contribution in [2.45, 2.75) is 24.8 Å². The van der Waals surface area contributed by atoms with E-state index in [0.29, 0.717) is 25.2 Å². The Morgan fingerprint density at radius 2 is 2.04 bits per heavy atom. The zero-order valence-electron chi connectivity index (χ0n) is 14.2. The van der Waals surface area contributed by atoms with Gasteiger partial charge in [-0.1, -0.05) is 18.7 Å². The molecular weight excluding hydrogens is 338 g/mol. The zero-order valence-corrected chi connectivity index (χ0v) is 14.2. The predicted octanol–water partition coefficient (Wildman–Crippen LogP) is 3.08. The normalized spacial score (nSPS) is 23.2. The van der Waals surface area contributed by atoms with Gasteiger partial charge in [0.2, 0.25) is 5.91 Å². The third-order valence-electron chi connectivity index (χ3n) is 5.03. The standard InChI is InChI=1S/C19H20F2N4O/c1-2-17(26)22-10-13-11-24(18-7-8-23-25(18)12-13)15-5-3-14(4-6-15)16-9-19(16,20)21/h2-8,13,16H,1,9-12H2,(H,22,26). The Kier molecular flexibility index (Phi) is 4.01. The molecule has 1 aliphatic heterocycles. The summed E-state index contributed by atoms with van der Waals surface area (Å²) < 4.78 is 28.4. The lowest BCUT2D eigenvalue weighted by Crippen LogP contribution is -2.41. The first kappa shape index (κ1) is 16.8. The molecule has 0 saturated heterocycles. The van der Waals surface area contributed by atoms with E-state index in [1.165, 1.54) is 6.08 Å². The minimum Gasteiger partial charge on any atom is -0.352 e.